The zero-order valence-corrected chi connectivity index (χ0v) is 13.6. The molecule has 0 atom stereocenters. The lowest BCUT2D eigenvalue weighted by atomic mass is 10.1. The Bertz CT molecular complexity index is 605. The lowest BCUT2D eigenvalue weighted by Gasteiger charge is -2.16. The van der Waals surface area contributed by atoms with Crippen LogP contribution in [-0.4, -0.2) is 31.3 Å². The Balaban J connectivity index is 2.21. The fraction of sp³-hybridized carbons (Fsp3) is 0.286. The first-order chi connectivity index (χ1) is 10.2. The van der Waals surface area contributed by atoms with Crippen LogP contribution in [0.2, 0.25) is 0 Å². The van der Waals surface area contributed by atoms with E-state index >= 15 is 0 Å². The van der Waals surface area contributed by atoms with Crippen LogP contribution in [0.3, 0.4) is 0 Å². The summed E-state index contributed by atoms with van der Waals surface area (Å²) < 4.78 is 16.9. The second kappa shape index (κ2) is 7.12. The van der Waals surface area contributed by atoms with Gasteiger partial charge in [0.2, 0.25) is 11.7 Å². The van der Waals surface area contributed by atoms with Crippen LogP contribution in [0, 0.1) is 0 Å². The molecular formula is C14H16BrN3O3. The van der Waals surface area contributed by atoms with Gasteiger partial charge in [-0.25, -0.2) is 9.97 Å². The van der Waals surface area contributed by atoms with Crippen LogP contribution < -0.4 is 19.5 Å². The number of benzene rings is 1. The van der Waals surface area contributed by atoms with Crippen molar-refractivity contribution < 1.29 is 14.2 Å². The van der Waals surface area contributed by atoms with Crippen molar-refractivity contribution in [1.29, 1.82) is 0 Å². The summed E-state index contributed by atoms with van der Waals surface area (Å²) in [6.07, 6.45) is 3.36. The Hall–Kier alpha value is -2.02. The van der Waals surface area contributed by atoms with Crippen molar-refractivity contribution in [2.75, 3.05) is 26.6 Å². The van der Waals surface area contributed by atoms with E-state index in [1.54, 1.807) is 33.7 Å². The quantitative estimate of drug-likeness (QED) is 0.861. The van der Waals surface area contributed by atoms with Gasteiger partial charge in [0.15, 0.2) is 11.5 Å². The second-order valence-corrected chi connectivity index (χ2v) is 4.99. The van der Waals surface area contributed by atoms with Gasteiger partial charge in [-0.15, -0.1) is 0 Å². The summed E-state index contributed by atoms with van der Waals surface area (Å²) in [5.41, 5.74) is 0.918. The number of ether oxygens (including phenoxy) is 3. The Kier molecular flexibility index (Phi) is 5.21. The van der Waals surface area contributed by atoms with Gasteiger partial charge >= 0.3 is 0 Å². The molecule has 0 aliphatic heterocycles. The predicted octanol–water partition coefficient (Wildman–Crippen LogP) is 2.88. The Morgan fingerprint density at radius 3 is 2.24 bits per heavy atom. The molecule has 0 aliphatic carbocycles. The molecule has 0 amide bonds. The molecule has 0 aliphatic rings. The number of anilines is 1. The molecule has 0 fully saturated rings. The average molecular weight is 354 g/mol. The summed E-state index contributed by atoms with van der Waals surface area (Å²) >= 11 is 3.30. The van der Waals surface area contributed by atoms with E-state index in [0.717, 1.165) is 10.0 Å². The van der Waals surface area contributed by atoms with Gasteiger partial charge in [0, 0.05) is 24.5 Å². The van der Waals surface area contributed by atoms with E-state index in [0.29, 0.717) is 29.7 Å². The molecule has 0 bridgehead atoms. The normalized spacial score (nSPS) is 10.1. The first kappa shape index (κ1) is 15.4. The zero-order valence-electron chi connectivity index (χ0n) is 12.0. The van der Waals surface area contributed by atoms with Gasteiger partial charge in [-0.1, -0.05) is 0 Å². The highest BCUT2D eigenvalue weighted by molar-refractivity contribution is 9.10. The minimum atomic E-state index is 0.505. The number of nitrogens with zero attached hydrogens (tertiary/aromatic N) is 2. The maximum absolute atomic E-state index is 5.42. The standard InChI is InChI=1S/C14H16BrN3O3/c1-19-11-5-4-9(12(20-2)13(11)21-3)6-16-14-17-7-10(15)8-18-14/h4-5,7-8H,6H2,1-3H3,(H,16,17,18). The molecule has 2 rings (SSSR count). The van der Waals surface area contributed by atoms with Crippen LogP contribution >= 0.6 is 15.9 Å². The molecule has 1 heterocycles. The van der Waals surface area contributed by atoms with E-state index in [2.05, 4.69) is 31.2 Å². The van der Waals surface area contributed by atoms with Crippen LogP contribution in [0.4, 0.5) is 5.95 Å². The maximum Gasteiger partial charge on any atom is 0.222 e. The zero-order chi connectivity index (χ0) is 15.2. The number of halogens is 1. The van der Waals surface area contributed by atoms with E-state index in [-0.39, 0.29) is 0 Å². The number of hydrogen-bond donors (Lipinski definition) is 1. The SMILES string of the molecule is COc1ccc(CNc2ncc(Br)cn2)c(OC)c1OC. The van der Waals surface area contributed by atoms with E-state index in [1.807, 2.05) is 12.1 Å². The molecule has 7 heteroatoms. The molecule has 0 spiro atoms. The smallest absolute Gasteiger partial charge is 0.222 e. The molecule has 2 aromatic rings. The molecule has 112 valence electrons. The molecule has 21 heavy (non-hydrogen) atoms. The van der Waals surface area contributed by atoms with Gasteiger partial charge in [0.1, 0.15) is 0 Å². The van der Waals surface area contributed by atoms with Gasteiger partial charge < -0.3 is 19.5 Å². The van der Waals surface area contributed by atoms with Crippen molar-refractivity contribution in [3.05, 3.63) is 34.6 Å². The number of methoxy groups -OCH3 is 3. The van der Waals surface area contributed by atoms with Crippen LogP contribution in [0.25, 0.3) is 0 Å². The molecule has 0 saturated carbocycles. The van der Waals surface area contributed by atoms with E-state index < -0.39 is 0 Å². The molecule has 0 unspecified atom stereocenters. The number of rotatable bonds is 6. The topological polar surface area (TPSA) is 65.5 Å². The van der Waals surface area contributed by atoms with Gasteiger partial charge in [-0.2, -0.15) is 0 Å². The molecule has 1 aromatic carbocycles. The van der Waals surface area contributed by atoms with Crippen molar-refractivity contribution in [2.24, 2.45) is 0 Å². The lowest BCUT2D eigenvalue weighted by Crippen LogP contribution is -2.06. The third-order valence-corrected chi connectivity index (χ3v) is 3.25. The lowest BCUT2D eigenvalue weighted by molar-refractivity contribution is 0.322. The minimum absolute atomic E-state index is 0.505. The Morgan fingerprint density at radius 1 is 1.00 bits per heavy atom. The third-order valence-electron chi connectivity index (χ3n) is 2.84. The molecular weight excluding hydrogens is 338 g/mol. The predicted molar refractivity (Wildman–Crippen MR) is 83.2 cm³/mol. The summed E-state index contributed by atoms with van der Waals surface area (Å²) in [5.74, 6) is 2.35. The van der Waals surface area contributed by atoms with Crippen molar-refractivity contribution in [3.63, 3.8) is 0 Å². The Labute approximate surface area is 131 Å². The summed E-state index contributed by atoms with van der Waals surface area (Å²) in [6, 6.07) is 3.74. The summed E-state index contributed by atoms with van der Waals surface area (Å²) in [6.45, 7) is 0.505. The monoisotopic (exact) mass is 353 g/mol. The Morgan fingerprint density at radius 2 is 1.67 bits per heavy atom. The highest BCUT2D eigenvalue weighted by Crippen LogP contribution is 2.39. The summed E-state index contributed by atoms with van der Waals surface area (Å²) in [4.78, 5) is 8.32. The minimum Gasteiger partial charge on any atom is -0.493 e. The number of nitrogens with one attached hydrogen (secondary N) is 1. The highest BCUT2D eigenvalue weighted by atomic mass is 79.9. The molecule has 1 aromatic heterocycles. The molecule has 0 radical (unpaired) electrons. The number of hydrogen-bond acceptors (Lipinski definition) is 6. The summed E-state index contributed by atoms with van der Waals surface area (Å²) in [7, 11) is 4.76. The van der Waals surface area contributed by atoms with Gasteiger partial charge in [0.25, 0.3) is 0 Å². The molecule has 6 nitrogen and oxygen atoms in total. The van der Waals surface area contributed by atoms with Crippen molar-refractivity contribution in [1.82, 2.24) is 9.97 Å². The van der Waals surface area contributed by atoms with E-state index in [4.69, 9.17) is 14.2 Å². The van der Waals surface area contributed by atoms with Crippen LogP contribution in [0.15, 0.2) is 29.0 Å². The van der Waals surface area contributed by atoms with Crippen LogP contribution in [0.5, 0.6) is 17.2 Å². The average Bonchev–Trinajstić information content (AvgIpc) is 2.53. The van der Waals surface area contributed by atoms with Crippen molar-refractivity contribution in [3.8, 4) is 17.2 Å². The maximum atomic E-state index is 5.42. The first-order valence-electron chi connectivity index (χ1n) is 6.18. The van der Waals surface area contributed by atoms with Crippen LogP contribution in [-0.2, 0) is 6.54 Å². The van der Waals surface area contributed by atoms with Gasteiger partial charge in [0.05, 0.1) is 25.8 Å². The van der Waals surface area contributed by atoms with Gasteiger partial charge in [-0.05, 0) is 28.1 Å². The molecule has 1 N–H and O–H groups in total. The first-order valence-corrected chi connectivity index (χ1v) is 6.98. The van der Waals surface area contributed by atoms with Crippen molar-refractivity contribution >= 4 is 21.9 Å². The number of aromatic nitrogens is 2. The van der Waals surface area contributed by atoms with Crippen molar-refractivity contribution in [2.45, 2.75) is 6.54 Å². The fourth-order valence-corrected chi connectivity index (χ4v) is 2.09. The summed E-state index contributed by atoms with van der Waals surface area (Å²) in [5, 5.41) is 3.13. The van der Waals surface area contributed by atoms with Gasteiger partial charge in [-0.3, -0.25) is 0 Å². The largest absolute Gasteiger partial charge is 0.493 e. The van der Waals surface area contributed by atoms with E-state index in [9.17, 15) is 0 Å². The highest BCUT2D eigenvalue weighted by Gasteiger charge is 2.15. The van der Waals surface area contributed by atoms with E-state index in [1.165, 1.54) is 0 Å². The third kappa shape index (κ3) is 3.55. The van der Waals surface area contributed by atoms with Crippen LogP contribution in [0.1, 0.15) is 5.56 Å². The second-order valence-electron chi connectivity index (χ2n) is 4.07. The molecule has 0 saturated heterocycles. The fourth-order valence-electron chi connectivity index (χ4n) is 1.88.